The molecule has 3 aromatic rings. The van der Waals surface area contributed by atoms with Gasteiger partial charge in [-0.15, -0.1) is 0 Å². The summed E-state index contributed by atoms with van der Waals surface area (Å²) in [4.78, 5) is 17.2. The van der Waals surface area contributed by atoms with Crippen molar-refractivity contribution in [3.63, 3.8) is 0 Å². The number of hydrogen-bond donors (Lipinski definition) is 1. The van der Waals surface area contributed by atoms with Crippen LogP contribution in [0.15, 0.2) is 48.5 Å². The molecule has 182 valence electrons. The van der Waals surface area contributed by atoms with Crippen LogP contribution >= 0.6 is 0 Å². The average molecular weight is 462 g/mol. The van der Waals surface area contributed by atoms with Gasteiger partial charge in [0.15, 0.2) is 0 Å². The lowest BCUT2D eigenvalue weighted by atomic mass is 9.89. The highest BCUT2D eigenvalue weighted by Gasteiger charge is 2.20. The third-order valence-corrected chi connectivity index (χ3v) is 6.87. The molecule has 1 aromatic heterocycles. The molecular formula is C29H39N3O2. The Morgan fingerprint density at radius 3 is 2.74 bits per heavy atom. The number of aryl methyl sites for hydroxylation is 3. The van der Waals surface area contributed by atoms with Gasteiger partial charge in [0.05, 0.1) is 17.6 Å². The average Bonchev–Trinajstić information content (AvgIpc) is 3.21. The number of rotatable bonds is 12. The van der Waals surface area contributed by atoms with Crippen LogP contribution in [0.1, 0.15) is 69.2 Å². The monoisotopic (exact) mass is 461 g/mol. The van der Waals surface area contributed by atoms with Gasteiger partial charge in [-0.1, -0.05) is 49.9 Å². The first-order chi connectivity index (χ1) is 16.7. The third kappa shape index (κ3) is 6.85. The van der Waals surface area contributed by atoms with Crippen LogP contribution in [-0.4, -0.2) is 28.6 Å². The molecule has 1 aliphatic rings. The van der Waals surface area contributed by atoms with Crippen molar-refractivity contribution in [1.29, 1.82) is 0 Å². The SMILES string of the molecule is Cc1cccc(OCCCn2c(CCCCCNC(=O)C3CCCCC3)nc3ccccc32)c1. The standard InChI is InChI=1S/C29H39N3O2/c1-23-12-10-15-25(22-23)34-21-11-20-32-27-17-8-7-16-26(27)31-28(32)18-6-3-9-19-30-29(33)24-13-4-2-5-14-24/h7-8,10,12,15-17,22,24H,2-6,9,11,13-14,18-21H2,1H3,(H,30,33). The van der Waals surface area contributed by atoms with Gasteiger partial charge in [0.1, 0.15) is 11.6 Å². The molecule has 0 saturated heterocycles. The topological polar surface area (TPSA) is 56.1 Å². The number of unbranched alkanes of at least 4 members (excludes halogenated alkanes) is 2. The van der Waals surface area contributed by atoms with Gasteiger partial charge in [0.25, 0.3) is 0 Å². The Bertz CT molecular complexity index is 1050. The summed E-state index contributed by atoms with van der Waals surface area (Å²) >= 11 is 0. The number of carbonyl (C=O) groups excluding carboxylic acids is 1. The number of nitrogens with zero attached hydrogens (tertiary/aromatic N) is 2. The van der Waals surface area contributed by atoms with E-state index in [4.69, 9.17) is 9.72 Å². The van der Waals surface area contributed by atoms with Crippen LogP contribution in [0.2, 0.25) is 0 Å². The predicted molar refractivity (Wildman–Crippen MR) is 138 cm³/mol. The number of ether oxygens (including phenoxy) is 1. The molecule has 5 nitrogen and oxygen atoms in total. The van der Waals surface area contributed by atoms with Crippen LogP contribution in [0.5, 0.6) is 5.75 Å². The van der Waals surface area contributed by atoms with E-state index in [1.54, 1.807) is 0 Å². The van der Waals surface area contributed by atoms with Crippen molar-refractivity contribution < 1.29 is 9.53 Å². The Kier molecular flexibility index (Phi) is 9.00. The second kappa shape index (κ2) is 12.6. The van der Waals surface area contributed by atoms with Crippen molar-refractivity contribution in [3.05, 3.63) is 59.9 Å². The number of benzene rings is 2. The van der Waals surface area contributed by atoms with Crippen molar-refractivity contribution in [3.8, 4) is 5.75 Å². The van der Waals surface area contributed by atoms with Crippen LogP contribution in [0, 0.1) is 12.8 Å². The van der Waals surface area contributed by atoms with Gasteiger partial charge in [-0.2, -0.15) is 0 Å². The largest absolute Gasteiger partial charge is 0.494 e. The molecule has 1 N–H and O–H groups in total. The van der Waals surface area contributed by atoms with E-state index in [-0.39, 0.29) is 11.8 Å². The first-order valence-electron chi connectivity index (χ1n) is 13.1. The summed E-state index contributed by atoms with van der Waals surface area (Å²) < 4.78 is 8.32. The molecule has 5 heteroatoms. The van der Waals surface area contributed by atoms with Gasteiger partial charge in [0, 0.05) is 25.4 Å². The van der Waals surface area contributed by atoms with E-state index in [1.807, 2.05) is 12.1 Å². The lowest BCUT2D eigenvalue weighted by molar-refractivity contribution is -0.125. The molecule has 34 heavy (non-hydrogen) atoms. The van der Waals surface area contributed by atoms with Gasteiger partial charge in [0.2, 0.25) is 5.91 Å². The molecule has 2 aromatic carbocycles. The summed E-state index contributed by atoms with van der Waals surface area (Å²) in [6.45, 7) is 4.47. The Hall–Kier alpha value is -2.82. The third-order valence-electron chi connectivity index (χ3n) is 6.87. The van der Waals surface area contributed by atoms with Gasteiger partial charge >= 0.3 is 0 Å². The molecule has 1 amide bonds. The number of amides is 1. The fourth-order valence-electron chi connectivity index (χ4n) is 4.99. The first kappa shape index (κ1) is 24.3. The van der Waals surface area contributed by atoms with Crippen LogP contribution in [0.25, 0.3) is 11.0 Å². The summed E-state index contributed by atoms with van der Waals surface area (Å²) in [5.74, 6) is 2.62. The van der Waals surface area contributed by atoms with Gasteiger partial charge in [-0.3, -0.25) is 4.79 Å². The van der Waals surface area contributed by atoms with Gasteiger partial charge < -0.3 is 14.6 Å². The highest BCUT2D eigenvalue weighted by atomic mass is 16.5. The molecule has 1 aliphatic carbocycles. The molecule has 0 atom stereocenters. The minimum absolute atomic E-state index is 0.253. The van der Waals surface area contributed by atoms with Crippen LogP contribution in [0.3, 0.4) is 0 Å². The number of carbonyl (C=O) groups is 1. The quantitative estimate of drug-likeness (QED) is 0.326. The maximum atomic E-state index is 12.3. The second-order valence-corrected chi connectivity index (χ2v) is 9.62. The number of imidazole rings is 1. The zero-order valence-electron chi connectivity index (χ0n) is 20.6. The molecule has 0 aliphatic heterocycles. The van der Waals surface area contributed by atoms with E-state index in [0.717, 1.165) is 75.1 Å². The highest BCUT2D eigenvalue weighted by Crippen LogP contribution is 2.23. The van der Waals surface area contributed by atoms with E-state index in [2.05, 4.69) is 53.2 Å². The number of aromatic nitrogens is 2. The number of nitrogens with one attached hydrogen (secondary N) is 1. The zero-order valence-corrected chi connectivity index (χ0v) is 20.6. The number of para-hydroxylation sites is 2. The van der Waals surface area contributed by atoms with E-state index in [0.29, 0.717) is 6.61 Å². The fraction of sp³-hybridized carbons (Fsp3) is 0.517. The summed E-state index contributed by atoms with van der Waals surface area (Å²) in [5.41, 5.74) is 3.48. The van der Waals surface area contributed by atoms with Crippen molar-refractivity contribution in [2.75, 3.05) is 13.2 Å². The Morgan fingerprint density at radius 2 is 1.88 bits per heavy atom. The maximum Gasteiger partial charge on any atom is 0.223 e. The second-order valence-electron chi connectivity index (χ2n) is 9.62. The summed E-state index contributed by atoms with van der Waals surface area (Å²) in [7, 11) is 0. The molecule has 0 radical (unpaired) electrons. The van der Waals surface area contributed by atoms with Crippen molar-refractivity contribution in [2.45, 2.75) is 77.7 Å². The lowest BCUT2D eigenvalue weighted by Gasteiger charge is -2.20. The lowest BCUT2D eigenvalue weighted by Crippen LogP contribution is -2.32. The van der Waals surface area contributed by atoms with Gasteiger partial charge in [-0.05, 0) is 68.9 Å². The Labute approximate surface area is 203 Å². The molecule has 1 heterocycles. The van der Waals surface area contributed by atoms with Crippen molar-refractivity contribution in [1.82, 2.24) is 14.9 Å². The Morgan fingerprint density at radius 1 is 1.03 bits per heavy atom. The number of hydrogen-bond acceptors (Lipinski definition) is 3. The number of fused-ring (bicyclic) bond motifs is 1. The van der Waals surface area contributed by atoms with E-state index in [9.17, 15) is 4.79 Å². The molecular weight excluding hydrogens is 422 g/mol. The highest BCUT2D eigenvalue weighted by molar-refractivity contribution is 5.78. The zero-order chi connectivity index (χ0) is 23.6. The van der Waals surface area contributed by atoms with E-state index < -0.39 is 0 Å². The maximum absolute atomic E-state index is 12.3. The Balaban J connectivity index is 1.22. The smallest absolute Gasteiger partial charge is 0.223 e. The summed E-state index contributed by atoms with van der Waals surface area (Å²) in [6.07, 6.45) is 11.0. The molecule has 1 saturated carbocycles. The summed E-state index contributed by atoms with van der Waals surface area (Å²) in [5, 5.41) is 3.16. The normalized spacial score (nSPS) is 14.4. The molecule has 0 bridgehead atoms. The molecule has 4 rings (SSSR count). The minimum Gasteiger partial charge on any atom is -0.494 e. The van der Waals surface area contributed by atoms with Crippen LogP contribution < -0.4 is 10.1 Å². The molecule has 1 fully saturated rings. The van der Waals surface area contributed by atoms with Crippen molar-refractivity contribution in [2.24, 2.45) is 5.92 Å². The van der Waals surface area contributed by atoms with E-state index in [1.165, 1.54) is 30.3 Å². The predicted octanol–water partition coefficient (Wildman–Crippen LogP) is 6.22. The van der Waals surface area contributed by atoms with Crippen LogP contribution in [-0.2, 0) is 17.8 Å². The summed E-state index contributed by atoms with van der Waals surface area (Å²) in [6, 6.07) is 16.6. The molecule has 0 spiro atoms. The van der Waals surface area contributed by atoms with Crippen molar-refractivity contribution >= 4 is 16.9 Å². The first-order valence-corrected chi connectivity index (χ1v) is 13.1. The fourth-order valence-corrected chi connectivity index (χ4v) is 4.99. The van der Waals surface area contributed by atoms with E-state index >= 15 is 0 Å². The van der Waals surface area contributed by atoms with Crippen LogP contribution in [0.4, 0.5) is 0 Å². The van der Waals surface area contributed by atoms with Gasteiger partial charge in [-0.25, -0.2) is 4.98 Å². The minimum atomic E-state index is 0.253. The molecule has 0 unspecified atom stereocenters.